The van der Waals surface area contributed by atoms with Gasteiger partial charge in [0, 0.05) is 23.4 Å². The van der Waals surface area contributed by atoms with E-state index in [-0.39, 0.29) is 5.69 Å². The Morgan fingerprint density at radius 1 is 1.28 bits per heavy atom. The van der Waals surface area contributed by atoms with Gasteiger partial charge in [-0.1, -0.05) is 0 Å². The smallest absolute Gasteiger partial charge is 0.269 e. The largest absolute Gasteiger partial charge is 0.292 e. The first-order valence-electron chi connectivity index (χ1n) is 5.17. The fourth-order valence-electron chi connectivity index (χ4n) is 1.53. The van der Waals surface area contributed by atoms with E-state index in [0.29, 0.717) is 11.6 Å². The zero-order chi connectivity index (χ0) is 13.1. The van der Waals surface area contributed by atoms with Gasteiger partial charge >= 0.3 is 0 Å². The minimum Gasteiger partial charge on any atom is -0.292 e. The van der Waals surface area contributed by atoms with Gasteiger partial charge < -0.3 is 0 Å². The molecule has 7 heteroatoms. The van der Waals surface area contributed by atoms with Gasteiger partial charge in [-0.25, -0.2) is 15.8 Å². The van der Waals surface area contributed by atoms with Crippen LogP contribution in [-0.4, -0.2) is 14.9 Å². The van der Waals surface area contributed by atoms with Gasteiger partial charge in [0.1, 0.15) is 0 Å². The molecule has 2 aromatic rings. The number of anilines is 1. The number of non-ortho nitro benzene ring substituents is 1. The van der Waals surface area contributed by atoms with E-state index in [1.54, 1.807) is 18.2 Å². The zero-order valence-corrected chi connectivity index (χ0v) is 9.62. The number of aromatic nitrogens is 2. The minimum absolute atomic E-state index is 0.0432. The van der Waals surface area contributed by atoms with Gasteiger partial charge in [-0.05, 0) is 25.1 Å². The van der Waals surface area contributed by atoms with Gasteiger partial charge in [-0.2, -0.15) is 0 Å². The summed E-state index contributed by atoms with van der Waals surface area (Å²) in [6.07, 6.45) is 0. The summed E-state index contributed by atoms with van der Waals surface area (Å²) in [4.78, 5) is 18.4. The number of nitrogens with one attached hydrogen (secondary N) is 1. The summed E-state index contributed by atoms with van der Waals surface area (Å²) in [6, 6.07) is 7.92. The van der Waals surface area contributed by atoms with E-state index in [1.807, 2.05) is 6.92 Å². The Balaban J connectivity index is 2.42. The number of nitrogen functional groups attached to an aromatic ring is 1. The Labute approximate surface area is 103 Å². The molecule has 0 saturated carbocycles. The van der Waals surface area contributed by atoms with Crippen molar-refractivity contribution >= 4 is 11.6 Å². The number of benzene rings is 1. The molecule has 0 fully saturated rings. The van der Waals surface area contributed by atoms with Crippen molar-refractivity contribution in [2.45, 2.75) is 6.92 Å². The summed E-state index contributed by atoms with van der Waals surface area (Å²) < 4.78 is 0. The summed E-state index contributed by atoms with van der Waals surface area (Å²) >= 11 is 0. The first-order chi connectivity index (χ1) is 8.60. The lowest BCUT2D eigenvalue weighted by Crippen LogP contribution is -2.11. The van der Waals surface area contributed by atoms with Crippen LogP contribution in [0, 0.1) is 17.0 Å². The fourth-order valence-corrected chi connectivity index (χ4v) is 1.53. The van der Waals surface area contributed by atoms with Crippen LogP contribution >= 0.6 is 0 Å². The molecule has 0 amide bonds. The van der Waals surface area contributed by atoms with Crippen LogP contribution in [0.5, 0.6) is 0 Å². The molecule has 0 aliphatic heterocycles. The highest BCUT2D eigenvalue weighted by Crippen LogP contribution is 2.21. The van der Waals surface area contributed by atoms with Crippen molar-refractivity contribution < 1.29 is 4.92 Å². The predicted octanol–water partition coefficient (Wildman–Crippen LogP) is 1.65. The summed E-state index contributed by atoms with van der Waals surface area (Å²) in [5, 5.41) is 10.6. The number of aryl methyl sites for hydroxylation is 1. The van der Waals surface area contributed by atoms with Gasteiger partial charge in [-0.3, -0.25) is 15.5 Å². The van der Waals surface area contributed by atoms with Crippen molar-refractivity contribution in [3.63, 3.8) is 0 Å². The number of rotatable bonds is 3. The summed E-state index contributed by atoms with van der Waals surface area (Å²) in [6.45, 7) is 1.82. The van der Waals surface area contributed by atoms with Crippen molar-refractivity contribution in [2.75, 3.05) is 5.43 Å². The van der Waals surface area contributed by atoms with Gasteiger partial charge in [0.25, 0.3) is 5.69 Å². The number of hydrogen-bond donors (Lipinski definition) is 2. The number of nitro benzene ring substituents is 1. The zero-order valence-electron chi connectivity index (χ0n) is 9.62. The van der Waals surface area contributed by atoms with Crippen LogP contribution in [-0.2, 0) is 0 Å². The molecule has 1 aromatic carbocycles. The molecule has 7 nitrogen and oxygen atoms in total. The number of nitrogens with two attached hydrogens (primary N) is 1. The molecule has 0 aliphatic carbocycles. The van der Waals surface area contributed by atoms with Crippen LogP contribution in [0.15, 0.2) is 30.3 Å². The maximum absolute atomic E-state index is 10.6. The van der Waals surface area contributed by atoms with Gasteiger partial charge in [0.05, 0.1) is 10.6 Å². The van der Waals surface area contributed by atoms with Crippen molar-refractivity contribution in [3.8, 4) is 11.3 Å². The molecule has 0 saturated heterocycles. The van der Waals surface area contributed by atoms with E-state index in [9.17, 15) is 10.1 Å². The highest BCUT2D eigenvalue weighted by Gasteiger charge is 2.07. The third-order valence-corrected chi connectivity index (χ3v) is 2.36. The standard InChI is InChI=1S/C11H11N5O2/c1-7-6-10(14-11(13-7)15-12)8-2-4-9(5-3-8)16(17)18/h2-6H,12H2,1H3,(H,13,14,15). The van der Waals surface area contributed by atoms with Crippen LogP contribution in [0.3, 0.4) is 0 Å². The van der Waals surface area contributed by atoms with E-state index in [4.69, 9.17) is 5.84 Å². The van der Waals surface area contributed by atoms with Crippen molar-refractivity contribution in [1.82, 2.24) is 9.97 Å². The van der Waals surface area contributed by atoms with E-state index >= 15 is 0 Å². The normalized spacial score (nSPS) is 10.1. The van der Waals surface area contributed by atoms with Crippen LogP contribution in [0.1, 0.15) is 5.69 Å². The lowest BCUT2D eigenvalue weighted by atomic mass is 10.1. The van der Waals surface area contributed by atoms with Gasteiger partial charge in [0.2, 0.25) is 5.95 Å². The van der Waals surface area contributed by atoms with E-state index in [0.717, 1.165) is 11.3 Å². The second-order valence-electron chi connectivity index (χ2n) is 3.67. The molecule has 0 radical (unpaired) electrons. The molecule has 3 N–H and O–H groups in total. The molecule has 0 atom stereocenters. The maximum atomic E-state index is 10.6. The monoisotopic (exact) mass is 245 g/mol. The molecule has 1 heterocycles. The Hall–Kier alpha value is -2.54. The second kappa shape index (κ2) is 4.76. The molecule has 2 rings (SSSR count). The lowest BCUT2D eigenvalue weighted by molar-refractivity contribution is -0.384. The quantitative estimate of drug-likeness (QED) is 0.483. The van der Waals surface area contributed by atoms with Crippen molar-refractivity contribution in [3.05, 3.63) is 46.1 Å². The summed E-state index contributed by atoms with van der Waals surface area (Å²) in [5.41, 5.74) is 4.60. The second-order valence-corrected chi connectivity index (χ2v) is 3.67. The molecule has 18 heavy (non-hydrogen) atoms. The van der Waals surface area contributed by atoms with Crippen LogP contribution in [0.4, 0.5) is 11.6 Å². The van der Waals surface area contributed by atoms with Crippen LogP contribution in [0.25, 0.3) is 11.3 Å². The van der Waals surface area contributed by atoms with Crippen LogP contribution in [0.2, 0.25) is 0 Å². The van der Waals surface area contributed by atoms with Crippen molar-refractivity contribution in [1.29, 1.82) is 0 Å². The number of nitro groups is 1. The molecule has 92 valence electrons. The molecular formula is C11H11N5O2. The Morgan fingerprint density at radius 2 is 1.94 bits per heavy atom. The van der Waals surface area contributed by atoms with Crippen LogP contribution < -0.4 is 11.3 Å². The number of nitrogens with zero attached hydrogens (tertiary/aromatic N) is 3. The number of hydrogen-bond acceptors (Lipinski definition) is 6. The average molecular weight is 245 g/mol. The minimum atomic E-state index is -0.443. The SMILES string of the molecule is Cc1cc(-c2ccc([N+](=O)[O-])cc2)nc(NN)n1. The first kappa shape index (κ1) is 11.9. The van der Waals surface area contributed by atoms with Gasteiger partial charge in [-0.15, -0.1) is 0 Å². The molecule has 0 unspecified atom stereocenters. The summed E-state index contributed by atoms with van der Waals surface area (Å²) in [7, 11) is 0. The van der Waals surface area contributed by atoms with E-state index in [2.05, 4.69) is 15.4 Å². The molecule has 1 aromatic heterocycles. The Bertz CT molecular complexity index is 582. The first-order valence-corrected chi connectivity index (χ1v) is 5.17. The maximum Gasteiger partial charge on any atom is 0.269 e. The molecule has 0 spiro atoms. The molecular weight excluding hydrogens is 234 g/mol. The van der Waals surface area contributed by atoms with Crippen molar-refractivity contribution in [2.24, 2.45) is 5.84 Å². The average Bonchev–Trinajstić information content (AvgIpc) is 2.38. The molecule has 0 bridgehead atoms. The topological polar surface area (TPSA) is 107 Å². The fraction of sp³-hybridized carbons (Fsp3) is 0.0909. The van der Waals surface area contributed by atoms with E-state index < -0.39 is 4.92 Å². The van der Waals surface area contributed by atoms with Gasteiger partial charge in [0.15, 0.2) is 0 Å². The Morgan fingerprint density at radius 3 is 2.50 bits per heavy atom. The third-order valence-electron chi connectivity index (χ3n) is 2.36. The molecule has 0 aliphatic rings. The Kier molecular flexibility index (Phi) is 3.16. The van der Waals surface area contributed by atoms with E-state index in [1.165, 1.54) is 12.1 Å². The third kappa shape index (κ3) is 2.41. The predicted molar refractivity (Wildman–Crippen MR) is 66.7 cm³/mol. The highest BCUT2D eigenvalue weighted by molar-refractivity contribution is 5.62. The number of hydrazine groups is 1. The summed E-state index contributed by atoms with van der Waals surface area (Å²) in [5.74, 6) is 5.57. The lowest BCUT2D eigenvalue weighted by Gasteiger charge is -2.05. The highest BCUT2D eigenvalue weighted by atomic mass is 16.6.